The van der Waals surface area contributed by atoms with Gasteiger partial charge in [0.05, 0.1) is 12.4 Å². The van der Waals surface area contributed by atoms with Crippen molar-refractivity contribution in [2.45, 2.75) is 24.8 Å². The summed E-state index contributed by atoms with van der Waals surface area (Å²) in [6.45, 7) is 4.09. The average Bonchev–Trinajstić information content (AvgIpc) is 2.87. The Morgan fingerprint density at radius 1 is 1.42 bits per heavy atom. The number of nitriles is 1. The van der Waals surface area contributed by atoms with Crippen molar-refractivity contribution < 1.29 is 4.74 Å². The van der Waals surface area contributed by atoms with Crippen LogP contribution < -0.4 is 4.74 Å². The summed E-state index contributed by atoms with van der Waals surface area (Å²) >= 11 is 1.53. The maximum atomic E-state index is 9.24. The minimum atomic E-state index is 0.283. The molecule has 0 bridgehead atoms. The van der Waals surface area contributed by atoms with Crippen molar-refractivity contribution >= 4 is 11.8 Å². The number of nitrogens with zero attached hydrogens (tertiary/aromatic N) is 3. The lowest BCUT2D eigenvalue weighted by atomic mass is 10.2. The van der Waals surface area contributed by atoms with E-state index in [1.54, 1.807) is 12.3 Å². The first-order valence-electron chi connectivity index (χ1n) is 5.94. The Hall–Kier alpha value is -1.93. The van der Waals surface area contributed by atoms with E-state index in [0.29, 0.717) is 17.1 Å². The Balaban J connectivity index is 2.30. The quantitative estimate of drug-likeness (QED) is 0.794. The van der Waals surface area contributed by atoms with Crippen LogP contribution in [0.25, 0.3) is 0 Å². The largest absolute Gasteiger partial charge is 0.453 e. The molecule has 0 saturated carbocycles. The highest BCUT2D eigenvalue weighted by molar-refractivity contribution is 7.98. The van der Waals surface area contributed by atoms with Crippen LogP contribution in [-0.4, -0.2) is 16.0 Å². The number of aromatic nitrogens is 2. The van der Waals surface area contributed by atoms with Gasteiger partial charge in [-0.15, -0.1) is 11.8 Å². The Morgan fingerprint density at radius 3 is 2.79 bits per heavy atom. The van der Waals surface area contributed by atoms with Crippen LogP contribution in [0.3, 0.4) is 0 Å². The molecule has 0 aliphatic carbocycles. The van der Waals surface area contributed by atoms with E-state index in [0.717, 1.165) is 4.90 Å². The van der Waals surface area contributed by atoms with Gasteiger partial charge in [0.2, 0.25) is 0 Å². The van der Waals surface area contributed by atoms with Crippen LogP contribution >= 0.6 is 11.8 Å². The molecule has 5 heteroatoms. The van der Waals surface area contributed by atoms with Gasteiger partial charge in [-0.05, 0) is 32.2 Å². The zero-order valence-corrected chi connectivity index (χ0v) is 11.9. The fourth-order valence-electron chi connectivity index (χ4n) is 1.66. The van der Waals surface area contributed by atoms with Gasteiger partial charge in [-0.25, -0.2) is 0 Å². The monoisotopic (exact) mass is 273 g/mol. The van der Waals surface area contributed by atoms with Crippen LogP contribution in [0.15, 0.2) is 35.5 Å². The van der Waals surface area contributed by atoms with Gasteiger partial charge in [-0.1, -0.05) is 6.07 Å². The molecule has 0 fully saturated rings. The summed E-state index contributed by atoms with van der Waals surface area (Å²) < 4.78 is 7.57. The highest BCUT2D eigenvalue weighted by Crippen LogP contribution is 2.31. The van der Waals surface area contributed by atoms with E-state index in [2.05, 4.69) is 11.2 Å². The first-order valence-corrected chi connectivity index (χ1v) is 7.17. The second kappa shape index (κ2) is 5.81. The predicted octanol–water partition coefficient (Wildman–Crippen LogP) is 3.85. The van der Waals surface area contributed by atoms with Crippen LogP contribution in [0.5, 0.6) is 11.5 Å². The first kappa shape index (κ1) is 13.5. The normalized spacial score (nSPS) is 10.5. The molecule has 19 heavy (non-hydrogen) atoms. The lowest BCUT2D eigenvalue weighted by Crippen LogP contribution is -1.99. The van der Waals surface area contributed by atoms with E-state index >= 15 is 0 Å². The molecule has 98 valence electrons. The van der Waals surface area contributed by atoms with Crippen molar-refractivity contribution in [3.8, 4) is 17.6 Å². The molecule has 4 nitrogen and oxygen atoms in total. The first-order chi connectivity index (χ1) is 9.15. The van der Waals surface area contributed by atoms with Crippen molar-refractivity contribution in [2.75, 3.05) is 6.26 Å². The lowest BCUT2D eigenvalue weighted by Gasteiger charge is -2.08. The number of thioether (sulfide) groups is 1. The van der Waals surface area contributed by atoms with Gasteiger partial charge < -0.3 is 4.74 Å². The van der Waals surface area contributed by atoms with E-state index in [1.165, 1.54) is 11.8 Å². The maximum absolute atomic E-state index is 9.24. The van der Waals surface area contributed by atoms with Crippen molar-refractivity contribution in [3.63, 3.8) is 0 Å². The molecule has 0 amide bonds. The van der Waals surface area contributed by atoms with Crippen LogP contribution in [0.4, 0.5) is 0 Å². The summed E-state index contributed by atoms with van der Waals surface area (Å²) in [6, 6.07) is 8.07. The Bertz CT molecular complexity index is 613. The van der Waals surface area contributed by atoms with Gasteiger partial charge in [0.15, 0.2) is 5.75 Å². The molecule has 2 rings (SSSR count). The minimum absolute atomic E-state index is 0.283. The third-order valence-corrected chi connectivity index (χ3v) is 3.43. The zero-order valence-electron chi connectivity index (χ0n) is 11.1. The summed E-state index contributed by atoms with van der Waals surface area (Å²) in [5, 5.41) is 13.5. The van der Waals surface area contributed by atoms with Crippen molar-refractivity contribution in [1.29, 1.82) is 5.26 Å². The van der Waals surface area contributed by atoms with Gasteiger partial charge in [0, 0.05) is 10.9 Å². The summed E-state index contributed by atoms with van der Waals surface area (Å²) in [5.74, 6) is 1.21. The van der Waals surface area contributed by atoms with Gasteiger partial charge in [-0.2, -0.15) is 10.4 Å². The molecule has 0 aliphatic heterocycles. The van der Waals surface area contributed by atoms with E-state index in [4.69, 9.17) is 4.74 Å². The molecule has 0 saturated heterocycles. The van der Waals surface area contributed by atoms with Crippen molar-refractivity contribution in [3.05, 3.63) is 36.2 Å². The summed E-state index contributed by atoms with van der Waals surface area (Å²) in [7, 11) is 0. The Morgan fingerprint density at radius 2 is 2.21 bits per heavy atom. The molecule has 0 atom stereocenters. The van der Waals surface area contributed by atoms with Gasteiger partial charge in [0.1, 0.15) is 17.4 Å². The van der Waals surface area contributed by atoms with Crippen LogP contribution in [-0.2, 0) is 0 Å². The number of rotatable bonds is 4. The molecular formula is C14H15N3OS. The Kier molecular flexibility index (Phi) is 4.13. The number of ether oxygens (including phenoxy) is 1. The summed E-state index contributed by atoms with van der Waals surface area (Å²) in [5.41, 5.74) is 0.562. The minimum Gasteiger partial charge on any atom is -0.453 e. The summed E-state index contributed by atoms with van der Waals surface area (Å²) in [4.78, 5) is 0.913. The lowest BCUT2D eigenvalue weighted by molar-refractivity contribution is 0.474. The second-order valence-corrected chi connectivity index (χ2v) is 5.15. The molecule has 0 unspecified atom stereocenters. The molecule has 0 radical (unpaired) electrons. The van der Waals surface area contributed by atoms with E-state index < -0.39 is 0 Å². The molecule has 1 aromatic heterocycles. The smallest absolute Gasteiger partial charge is 0.165 e. The van der Waals surface area contributed by atoms with Gasteiger partial charge in [-0.3, -0.25) is 4.68 Å². The van der Waals surface area contributed by atoms with Crippen LogP contribution in [0, 0.1) is 11.3 Å². The molecule has 0 N–H and O–H groups in total. The number of hydrogen-bond acceptors (Lipinski definition) is 4. The summed E-state index contributed by atoms with van der Waals surface area (Å²) in [6.07, 6.45) is 5.43. The van der Waals surface area contributed by atoms with E-state index in [9.17, 15) is 5.26 Å². The van der Waals surface area contributed by atoms with Crippen molar-refractivity contribution in [1.82, 2.24) is 9.78 Å². The number of hydrogen-bond donors (Lipinski definition) is 0. The second-order valence-electron chi connectivity index (χ2n) is 4.30. The molecular weight excluding hydrogens is 258 g/mol. The van der Waals surface area contributed by atoms with Gasteiger partial charge >= 0.3 is 0 Å². The standard InChI is InChI=1S/C14H15N3OS/c1-10(2)17-9-11(8-16-17)18-13-5-4-6-14(19-3)12(13)7-15/h4-6,8-10H,1-3H3. The van der Waals surface area contributed by atoms with E-state index in [1.807, 2.05) is 43.1 Å². The zero-order chi connectivity index (χ0) is 13.8. The molecule has 2 aromatic rings. The predicted molar refractivity (Wildman–Crippen MR) is 75.6 cm³/mol. The van der Waals surface area contributed by atoms with E-state index in [-0.39, 0.29) is 6.04 Å². The highest BCUT2D eigenvalue weighted by atomic mass is 32.2. The average molecular weight is 273 g/mol. The maximum Gasteiger partial charge on any atom is 0.165 e. The molecule has 1 aromatic carbocycles. The Labute approximate surface area is 117 Å². The molecule has 0 spiro atoms. The topological polar surface area (TPSA) is 50.8 Å². The number of benzene rings is 1. The van der Waals surface area contributed by atoms with Gasteiger partial charge in [0.25, 0.3) is 0 Å². The van der Waals surface area contributed by atoms with Crippen LogP contribution in [0.1, 0.15) is 25.5 Å². The fourth-order valence-corrected chi connectivity index (χ4v) is 2.22. The fraction of sp³-hybridized carbons (Fsp3) is 0.286. The molecule has 0 aliphatic rings. The highest BCUT2D eigenvalue weighted by Gasteiger charge is 2.11. The molecule has 1 heterocycles. The van der Waals surface area contributed by atoms with Crippen molar-refractivity contribution in [2.24, 2.45) is 0 Å². The van der Waals surface area contributed by atoms with Crippen LogP contribution in [0.2, 0.25) is 0 Å². The third-order valence-electron chi connectivity index (χ3n) is 2.65. The SMILES string of the molecule is CSc1cccc(Oc2cnn(C(C)C)c2)c1C#N. The third kappa shape index (κ3) is 2.91.